The van der Waals surface area contributed by atoms with Gasteiger partial charge in [0.25, 0.3) is 0 Å². The molecule has 0 radical (unpaired) electrons. The highest BCUT2D eigenvalue weighted by molar-refractivity contribution is 5.60. The summed E-state index contributed by atoms with van der Waals surface area (Å²) in [6.07, 6.45) is 10.6. The molecule has 0 heteroatoms. The Morgan fingerprint density at radius 2 is 1.86 bits per heavy atom. The summed E-state index contributed by atoms with van der Waals surface area (Å²) in [4.78, 5) is 0. The van der Waals surface area contributed by atoms with E-state index in [-0.39, 0.29) is 0 Å². The SMILES string of the molecule is C/C=C/[C@@H](CC)C(C)/C(C)=C/c1cc(C)cc(C)c1CCC. The topological polar surface area (TPSA) is 0 Å². The Hall–Kier alpha value is -1.30. The van der Waals surface area contributed by atoms with Crippen molar-refractivity contribution < 1.29 is 0 Å². The van der Waals surface area contributed by atoms with Gasteiger partial charge in [-0.2, -0.15) is 0 Å². The predicted molar refractivity (Wildman–Crippen MR) is 101 cm³/mol. The Morgan fingerprint density at radius 1 is 1.18 bits per heavy atom. The van der Waals surface area contributed by atoms with E-state index in [0.29, 0.717) is 11.8 Å². The van der Waals surface area contributed by atoms with Gasteiger partial charge >= 0.3 is 0 Å². The van der Waals surface area contributed by atoms with Crippen LogP contribution in [0.25, 0.3) is 6.08 Å². The van der Waals surface area contributed by atoms with E-state index in [0.717, 1.165) is 0 Å². The van der Waals surface area contributed by atoms with Gasteiger partial charge in [0.2, 0.25) is 0 Å². The maximum Gasteiger partial charge on any atom is -0.0168 e. The molecule has 0 aliphatic carbocycles. The lowest BCUT2D eigenvalue weighted by Crippen LogP contribution is -2.09. The van der Waals surface area contributed by atoms with E-state index in [1.54, 1.807) is 0 Å². The van der Waals surface area contributed by atoms with Crippen LogP contribution in [0.5, 0.6) is 0 Å². The summed E-state index contributed by atoms with van der Waals surface area (Å²) >= 11 is 0. The third-order valence-corrected chi connectivity index (χ3v) is 4.81. The minimum absolute atomic E-state index is 0.594. The van der Waals surface area contributed by atoms with Crippen LogP contribution >= 0.6 is 0 Å². The number of rotatable bonds is 7. The van der Waals surface area contributed by atoms with Crippen molar-refractivity contribution in [3.05, 3.63) is 52.1 Å². The van der Waals surface area contributed by atoms with Crippen LogP contribution in [0.3, 0.4) is 0 Å². The van der Waals surface area contributed by atoms with Crippen molar-refractivity contribution in [2.75, 3.05) is 0 Å². The van der Waals surface area contributed by atoms with Gasteiger partial charge < -0.3 is 0 Å². The third kappa shape index (κ3) is 4.87. The molecule has 1 aromatic carbocycles. The van der Waals surface area contributed by atoms with Gasteiger partial charge in [0, 0.05) is 0 Å². The molecule has 0 saturated heterocycles. The van der Waals surface area contributed by atoms with Crippen LogP contribution in [0, 0.1) is 25.7 Å². The number of allylic oxidation sites excluding steroid dienone is 3. The van der Waals surface area contributed by atoms with Gasteiger partial charge in [-0.25, -0.2) is 0 Å². The quantitative estimate of drug-likeness (QED) is 0.480. The van der Waals surface area contributed by atoms with E-state index >= 15 is 0 Å². The standard InChI is InChI=1S/C22H34/c1-8-11-20(10-3)19(7)17(5)15-21-14-16(4)13-18(6)22(21)12-9-2/h8,11,13-15,19-20H,9-10,12H2,1-7H3/b11-8+,17-15+/t19?,20-/m1/s1. The molecule has 0 aliphatic rings. The highest BCUT2D eigenvalue weighted by Gasteiger charge is 2.15. The van der Waals surface area contributed by atoms with Crippen molar-refractivity contribution in [2.24, 2.45) is 11.8 Å². The zero-order valence-corrected chi connectivity index (χ0v) is 15.7. The molecule has 0 heterocycles. The van der Waals surface area contributed by atoms with E-state index in [1.807, 2.05) is 0 Å². The first kappa shape index (κ1) is 18.7. The summed E-state index contributed by atoms with van der Waals surface area (Å²) in [5.41, 5.74) is 7.25. The molecule has 1 rings (SSSR count). The van der Waals surface area contributed by atoms with Gasteiger partial charge in [-0.1, -0.05) is 68.7 Å². The largest absolute Gasteiger partial charge is 0.0914 e. The summed E-state index contributed by atoms with van der Waals surface area (Å²) in [7, 11) is 0. The Labute approximate surface area is 138 Å². The highest BCUT2D eigenvalue weighted by atomic mass is 14.2. The zero-order chi connectivity index (χ0) is 16.7. The van der Waals surface area contributed by atoms with Crippen molar-refractivity contribution in [2.45, 2.75) is 67.7 Å². The average molecular weight is 299 g/mol. The molecular formula is C22H34. The van der Waals surface area contributed by atoms with Crippen LogP contribution in [0.4, 0.5) is 0 Å². The van der Waals surface area contributed by atoms with E-state index in [4.69, 9.17) is 0 Å². The molecule has 1 aromatic rings. The molecule has 2 atom stereocenters. The number of benzene rings is 1. The summed E-state index contributed by atoms with van der Waals surface area (Å²) in [5.74, 6) is 1.23. The first-order valence-electron chi connectivity index (χ1n) is 8.85. The van der Waals surface area contributed by atoms with Crippen LogP contribution in [0.15, 0.2) is 29.9 Å². The van der Waals surface area contributed by atoms with Crippen LogP contribution in [0.1, 0.15) is 69.7 Å². The lowest BCUT2D eigenvalue weighted by molar-refractivity contribution is 0.476. The van der Waals surface area contributed by atoms with Crippen molar-refractivity contribution in [1.29, 1.82) is 0 Å². The van der Waals surface area contributed by atoms with Crippen molar-refractivity contribution in [3.63, 3.8) is 0 Å². The monoisotopic (exact) mass is 298 g/mol. The zero-order valence-electron chi connectivity index (χ0n) is 15.7. The Morgan fingerprint density at radius 3 is 2.41 bits per heavy atom. The fourth-order valence-corrected chi connectivity index (χ4v) is 3.37. The summed E-state index contributed by atoms with van der Waals surface area (Å²) in [6, 6.07) is 4.67. The number of hydrogen-bond donors (Lipinski definition) is 0. The van der Waals surface area contributed by atoms with E-state index in [2.05, 4.69) is 78.8 Å². The van der Waals surface area contributed by atoms with Crippen molar-refractivity contribution in [1.82, 2.24) is 0 Å². The van der Waals surface area contributed by atoms with Crippen molar-refractivity contribution in [3.8, 4) is 0 Å². The maximum absolute atomic E-state index is 2.43. The molecule has 0 saturated carbocycles. The lowest BCUT2D eigenvalue weighted by atomic mass is 9.84. The minimum Gasteiger partial charge on any atom is -0.0914 e. The van der Waals surface area contributed by atoms with Gasteiger partial charge in [-0.05, 0) is 69.1 Å². The number of aryl methyl sites for hydroxylation is 2. The second kappa shape index (κ2) is 8.98. The smallest absolute Gasteiger partial charge is 0.0168 e. The van der Waals surface area contributed by atoms with Crippen molar-refractivity contribution >= 4 is 6.08 Å². The fraction of sp³-hybridized carbons (Fsp3) is 0.545. The molecule has 22 heavy (non-hydrogen) atoms. The van der Waals surface area contributed by atoms with E-state index in [1.165, 1.54) is 47.1 Å². The van der Waals surface area contributed by atoms with E-state index in [9.17, 15) is 0 Å². The molecule has 0 N–H and O–H groups in total. The van der Waals surface area contributed by atoms with Gasteiger partial charge in [0.05, 0.1) is 0 Å². The van der Waals surface area contributed by atoms with Crippen LogP contribution in [0.2, 0.25) is 0 Å². The van der Waals surface area contributed by atoms with Gasteiger partial charge in [-0.15, -0.1) is 0 Å². The summed E-state index contributed by atoms with van der Waals surface area (Å²) in [6.45, 7) is 15.8. The molecule has 0 aromatic heterocycles. The normalized spacial score (nSPS) is 15.3. The first-order valence-corrected chi connectivity index (χ1v) is 8.85. The van der Waals surface area contributed by atoms with Crippen LogP contribution < -0.4 is 0 Å². The van der Waals surface area contributed by atoms with E-state index < -0.39 is 0 Å². The Balaban J connectivity index is 3.19. The molecule has 0 fully saturated rings. The van der Waals surface area contributed by atoms with Crippen LogP contribution in [-0.4, -0.2) is 0 Å². The molecule has 0 aliphatic heterocycles. The minimum atomic E-state index is 0.594. The lowest BCUT2D eigenvalue weighted by Gasteiger charge is -2.21. The first-order chi connectivity index (χ1) is 10.4. The Kier molecular flexibility index (Phi) is 7.65. The van der Waals surface area contributed by atoms with Crippen LogP contribution in [-0.2, 0) is 6.42 Å². The number of hydrogen-bond acceptors (Lipinski definition) is 0. The average Bonchev–Trinajstić information content (AvgIpc) is 2.47. The maximum atomic E-state index is 2.43. The van der Waals surface area contributed by atoms with Gasteiger partial charge in [0.1, 0.15) is 0 Å². The van der Waals surface area contributed by atoms with Gasteiger partial charge in [0.15, 0.2) is 0 Å². The molecule has 0 spiro atoms. The molecule has 122 valence electrons. The molecule has 0 bridgehead atoms. The summed E-state index contributed by atoms with van der Waals surface area (Å²) < 4.78 is 0. The molecular weight excluding hydrogens is 264 g/mol. The summed E-state index contributed by atoms with van der Waals surface area (Å²) in [5, 5.41) is 0. The fourth-order valence-electron chi connectivity index (χ4n) is 3.37. The highest BCUT2D eigenvalue weighted by Crippen LogP contribution is 2.28. The second-order valence-electron chi connectivity index (χ2n) is 6.67. The third-order valence-electron chi connectivity index (χ3n) is 4.81. The Bertz CT molecular complexity index is 531. The molecule has 0 nitrogen and oxygen atoms in total. The molecule has 1 unspecified atom stereocenters. The molecule has 0 amide bonds. The second-order valence-corrected chi connectivity index (χ2v) is 6.67. The van der Waals surface area contributed by atoms with Gasteiger partial charge in [-0.3, -0.25) is 0 Å². The predicted octanol–water partition coefficient (Wildman–Crippen LogP) is 6.90.